The molecular formula is C17H21ClN4O2. The summed E-state index contributed by atoms with van der Waals surface area (Å²) in [5, 5.41) is 9.35. The van der Waals surface area contributed by atoms with E-state index in [1.165, 1.54) is 4.80 Å². The number of nitrogens with zero attached hydrogens (tertiary/aromatic N) is 4. The summed E-state index contributed by atoms with van der Waals surface area (Å²) >= 11 is 6.01. The van der Waals surface area contributed by atoms with Gasteiger partial charge in [-0.15, -0.1) is 5.10 Å². The number of amides is 1. The first-order valence-electron chi connectivity index (χ1n) is 8.19. The van der Waals surface area contributed by atoms with Crippen LogP contribution < -0.4 is 0 Å². The monoisotopic (exact) mass is 348 g/mol. The summed E-state index contributed by atoms with van der Waals surface area (Å²) < 4.78 is 5.67. The summed E-state index contributed by atoms with van der Waals surface area (Å²) in [6.45, 7) is 5.77. The smallest absolute Gasteiger partial charge is 0.276 e. The van der Waals surface area contributed by atoms with Crippen molar-refractivity contribution in [2.45, 2.75) is 32.8 Å². The predicted octanol–water partition coefficient (Wildman–Crippen LogP) is 2.87. The Labute approximate surface area is 146 Å². The van der Waals surface area contributed by atoms with Gasteiger partial charge in [0, 0.05) is 24.7 Å². The summed E-state index contributed by atoms with van der Waals surface area (Å²) in [7, 11) is 0. The molecule has 2 heterocycles. The van der Waals surface area contributed by atoms with Gasteiger partial charge in [0.2, 0.25) is 0 Å². The molecule has 128 valence electrons. The van der Waals surface area contributed by atoms with Gasteiger partial charge in [-0.2, -0.15) is 9.90 Å². The summed E-state index contributed by atoms with van der Waals surface area (Å²) in [6, 6.07) is 7.23. The fourth-order valence-electron chi connectivity index (χ4n) is 2.94. The molecule has 1 saturated heterocycles. The molecule has 0 aliphatic carbocycles. The molecule has 0 spiro atoms. The quantitative estimate of drug-likeness (QED) is 0.852. The maximum absolute atomic E-state index is 12.8. The van der Waals surface area contributed by atoms with Gasteiger partial charge in [-0.3, -0.25) is 4.79 Å². The van der Waals surface area contributed by atoms with E-state index in [0.717, 1.165) is 25.1 Å². The van der Waals surface area contributed by atoms with Crippen molar-refractivity contribution in [2.75, 3.05) is 19.7 Å². The first kappa shape index (κ1) is 16.9. The number of aryl methyl sites for hydroxylation is 1. The predicted molar refractivity (Wildman–Crippen MR) is 91.7 cm³/mol. The van der Waals surface area contributed by atoms with E-state index in [1.807, 2.05) is 24.0 Å². The van der Waals surface area contributed by atoms with Crippen molar-refractivity contribution < 1.29 is 9.53 Å². The fraction of sp³-hybridized carbons (Fsp3) is 0.471. The molecule has 1 amide bonds. The molecule has 0 saturated carbocycles. The van der Waals surface area contributed by atoms with Crippen LogP contribution in [0.15, 0.2) is 24.3 Å². The van der Waals surface area contributed by atoms with E-state index in [4.69, 9.17) is 16.3 Å². The van der Waals surface area contributed by atoms with Gasteiger partial charge < -0.3 is 9.64 Å². The van der Waals surface area contributed by atoms with Crippen LogP contribution in [-0.2, 0) is 4.74 Å². The van der Waals surface area contributed by atoms with Crippen LogP contribution in [0.4, 0.5) is 0 Å². The molecule has 0 bridgehead atoms. The minimum atomic E-state index is -0.0924. The third-order valence-electron chi connectivity index (χ3n) is 4.09. The first-order chi connectivity index (χ1) is 11.6. The van der Waals surface area contributed by atoms with Gasteiger partial charge in [0.1, 0.15) is 0 Å². The van der Waals surface area contributed by atoms with Gasteiger partial charge in [0.15, 0.2) is 5.69 Å². The normalized spacial score (nSPS) is 18.0. The second-order valence-electron chi connectivity index (χ2n) is 5.87. The zero-order valence-electron chi connectivity index (χ0n) is 13.9. The van der Waals surface area contributed by atoms with E-state index in [2.05, 4.69) is 10.2 Å². The first-order valence-corrected chi connectivity index (χ1v) is 8.57. The molecule has 6 nitrogen and oxygen atoms in total. The van der Waals surface area contributed by atoms with Gasteiger partial charge in [-0.05, 0) is 44.9 Å². The molecule has 1 aliphatic heterocycles. The minimum absolute atomic E-state index is 0.0924. The Balaban J connectivity index is 1.80. The van der Waals surface area contributed by atoms with Crippen LogP contribution in [0, 0.1) is 6.92 Å². The third kappa shape index (κ3) is 3.60. The number of carbonyl (C=O) groups excluding carboxylic acids is 1. The maximum Gasteiger partial charge on any atom is 0.276 e. The number of carbonyl (C=O) groups is 1. The molecule has 1 atom stereocenters. The van der Waals surface area contributed by atoms with E-state index in [-0.39, 0.29) is 12.0 Å². The lowest BCUT2D eigenvalue weighted by atomic mass is 10.1. The number of benzene rings is 1. The summed E-state index contributed by atoms with van der Waals surface area (Å²) in [5.41, 5.74) is 1.72. The van der Waals surface area contributed by atoms with Gasteiger partial charge >= 0.3 is 0 Å². The van der Waals surface area contributed by atoms with Crippen molar-refractivity contribution in [1.82, 2.24) is 19.9 Å². The summed E-state index contributed by atoms with van der Waals surface area (Å²) in [6.07, 6.45) is 2.04. The SMILES string of the molecule is CCOC1CCCN(C(=O)c2nn(-c3cccc(Cl)c3)nc2C)C1. The van der Waals surface area contributed by atoms with E-state index in [0.29, 0.717) is 29.6 Å². The Morgan fingerprint density at radius 3 is 3.00 bits per heavy atom. The molecule has 7 heteroatoms. The highest BCUT2D eigenvalue weighted by molar-refractivity contribution is 6.30. The molecule has 24 heavy (non-hydrogen) atoms. The zero-order valence-corrected chi connectivity index (χ0v) is 14.7. The van der Waals surface area contributed by atoms with Crippen LogP contribution in [0.3, 0.4) is 0 Å². The molecular weight excluding hydrogens is 328 g/mol. The van der Waals surface area contributed by atoms with Crippen LogP contribution in [0.25, 0.3) is 5.69 Å². The summed E-state index contributed by atoms with van der Waals surface area (Å²) in [4.78, 5) is 16.1. The van der Waals surface area contributed by atoms with E-state index in [9.17, 15) is 4.79 Å². The molecule has 0 radical (unpaired) electrons. The van der Waals surface area contributed by atoms with Crippen molar-refractivity contribution in [3.05, 3.63) is 40.7 Å². The molecule has 0 N–H and O–H groups in total. The standard InChI is InChI=1S/C17H21ClN4O2/c1-3-24-15-8-5-9-21(11-15)17(23)16-12(2)19-22(20-16)14-7-4-6-13(18)10-14/h4,6-7,10,15H,3,5,8-9,11H2,1-2H3. The van der Waals surface area contributed by atoms with Crippen molar-refractivity contribution in [2.24, 2.45) is 0 Å². The topological polar surface area (TPSA) is 60.2 Å². The van der Waals surface area contributed by atoms with Crippen molar-refractivity contribution >= 4 is 17.5 Å². The van der Waals surface area contributed by atoms with Crippen LogP contribution in [0.5, 0.6) is 0 Å². The van der Waals surface area contributed by atoms with Gasteiger partial charge in [-0.25, -0.2) is 0 Å². The van der Waals surface area contributed by atoms with E-state index in [1.54, 1.807) is 19.1 Å². The number of piperidine rings is 1. The van der Waals surface area contributed by atoms with Crippen molar-refractivity contribution in [3.8, 4) is 5.69 Å². The molecule has 1 aliphatic rings. The number of rotatable bonds is 4. The molecule has 1 aromatic heterocycles. The lowest BCUT2D eigenvalue weighted by molar-refractivity contribution is 0.00699. The van der Waals surface area contributed by atoms with Crippen molar-refractivity contribution in [3.63, 3.8) is 0 Å². The summed E-state index contributed by atoms with van der Waals surface area (Å²) in [5.74, 6) is -0.0924. The highest BCUT2D eigenvalue weighted by Crippen LogP contribution is 2.18. The van der Waals surface area contributed by atoms with Crippen LogP contribution in [0.2, 0.25) is 5.02 Å². The third-order valence-corrected chi connectivity index (χ3v) is 4.33. The Bertz CT molecular complexity index is 729. The molecule has 2 aromatic rings. The average molecular weight is 349 g/mol. The molecule has 1 unspecified atom stereocenters. The van der Waals surface area contributed by atoms with E-state index >= 15 is 0 Å². The largest absolute Gasteiger partial charge is 0.377 e. The average Bonchev–Trinajstić information content (AvgIpc) is 2.97. The maximum atomic E-state index is 12.8. The Morgan fingerprint density at radius 2 is 2.25 bits per heavy atom. The number of hydrogen-bond acceptors (Lipinski definition) is 4. The Hall–Kier alpha value is -1.92. The molecule has 1 aromatic carbocycles. The Kier molecular flexibility index (Phi) is 5.16. The highest BCUT2D eigenvalue weighted by Gasteiger charge is 2.28. The van der Waals surface area contributed by atoms with Crippen LogP contribution in [-0.4, -0.2) is 51.6 Å². The van der Waals surface area contributed by atoms with E-state index < -0.39 is 0 Å². The Morgan fingerprint density at radius 1 is 1.42 bits per heavy atom. The van der Waals surface area contributed by atoms with Crippen LogP contribution >= 0.6 is 11.6 Å². The van der Waals surface area contributed by atoms with Crippen molar-refractivity contribution in [1.29, 1.82) is 0 Å². The number of aromatic nitrogens is 3. The van der Waals surface area contributed by atoms with Gasteiger partial charge in [-0.1, -0.05) is 17.7 Å². The zero-order chi connectivity index (χ0) is 17.1. The second kappa shape index (κ2) is 7.32. The van der Waals surface area contributed by atoms with Gasteiger partial charge in [0.05, 0.1) is 17.5 Å². The second-order valence-corrected chi connectivity index (χ2v) is 6.31. The van der Waals surface area contributed by atoms with Crippen LogP contribution in [0.1, 0.15) is 35.9 Å². The number of ether oxygens (including phenoxy) is 1. The fourth-order valence-corrected chi connectivity index (χ4v) is 3.12. The van der Waals surface area contributed by atoms with Gasteiger partial charge in [0.25, 0.3) is 5.91 Å². The number of halogens is 1. The minimum Gasteiger partial charge on any atom is -0.377 e. The lowest BCUT2D eigenvalue weighted by Gasteiger charge is -2.32. The number of likely N-dealkylation sites (tertiary alicyclic amines) is 1. The lowest BCUT2D eigenvalue weighted by Crippen LogP contribution is -2.43. The number of hydrogen-bond donors (Lipinski definition) is 0. The molecule has 3 rings (SSSR count). The highest BCUT2D eigenvalue weighted by atomic mass is 35.5. The molecule has 1 fully saturated rings.